The Labute approximate surface area is 120 Å². The fourth-order valence-electron chi connectivity index (χ4n) is 3.02. The fraction of sp³-hybridized carbons (Fsp3) is 0.800. The molecule has 0 amide bonds. The molecule has 0 bridgehead atoms. The van der Waals surface area contributed by atoms with Gasteiger partial charge in [0.2, 0.25) is 0 Å². The van der Waals surface area contributed by atoms with Crippen LogP contribution in [0.3, 0.4) is 0 Å². The van der Waals surface area contributed by atoms with Crippen LogP contribution in [0.2, 0.25) is 0 Å². The average molecular weight is 284 g/mol. The summed E-state index contributed by atoms with van der Waals surface area (Å²) in [7, 11) is 2.50. The number of ether oxygens (including phenoxy) is 2. The summed E-state index contributed by atoms with van der Waals surface area (Å²) < 4.78 is 9.41. The summed E-state index contributed by atoms with van der Waals surface area (Å²) in [4.78, 5) is 35.7. The smallest absolute Gasteiger partial charge is 0.320 e. The number of hydrogen-bond donors (Lipinski definition) is 0. The summed E-state index contributed by atoms with van der Waals surface area (Å²) in [6, 6.07) is 0. The third-order valence-corrected chi connectivity index (χ3v) is 4.11. The summed E-state index contributed by atoms with van der Waals surface area (Å²) in [5.74, 6) is -2.51. The van der Waals surface area contributed by atoms with Crippen molar-refractivity contribution in [2.24, 2.45) is 17.8 Å². The number of carbonyl (C=O) groups is 3. The standard InChI is InChI=1S/C15H24O5/c1-4-5-6-7-10-11(8-9-12(10)16)13(14(17)19-2)15(18)20-3/h10-11,13H,4-9H2,1-3H3. The van der Waals surface area contributed by atoms with Gasteiger partial charge in [0.1, 0.15) is 5.78 Å². The second-order valence-electron chi connectivity index (χ2n) is 5.30. The highest BCUT2D eigenvalue weighted by atomic mass is 16.5. The van der Waals surface area contributed by atoms with Gasteiger partial charge in [-0.3, -0.25) is 14.4 Å². The van der Waals surface area contributed by atoms with Gasteiger partial charge in [0, 0.05) is 12.3 Å². The van der Waals surface area contributed by atoms with Crippen LogP contribution in [0.15, 0.2) is 0 Å². The van der Waals surface area contributed by atoms with Crippen molar-refractivity contribution in [3.05, 3.63) is 0 Å². The first kappa shape index (κ1) is 16.7. The van der Waals surface area contributed by atoms with E-state index in [0.29, 0.717) is 12.8 Å². The second kappa shape index (κ2) is 8.02. The average Bonchev–Trinajstić information content (AvgIpc) is 2.80. The first-order valence-corrected chi connectivity index (χ1v) is 7.25. The fourth-order valence-corrected chi connectivity index (χ4v) is 3.02. The lowest BCUT2D eigenvalue weighted by Gasteiger charge is -2.24. The van der Waals surface area contributed by atoms with E-state index >= 15 is 0 Å². The lowest BCUT2D eigenvalue weighted by atomic mass is 9.81. The van der Waals surface area contributed by atoms with Crippen LogP contribution in [0, 0.1) is 17.8 Å². The number of esters is 2. The van der Waals surface area contributed by atoms with Crippen molar-refractivity contribution in [3.63, 3.8) is 0 Å². The Morgan fingerprint density at radius 3 is 2.30 bits per heavy atom. The van der Waals surface area contributed by atoms with Crippen molar-refractivity contribution >= 4 is 17.7 Å². The lowest BCUT2D eigenvalue weighted by molar-refractivity contribution is -0.162. The predicted molar refractivity (Wildman–Crippen MR) is 72.9 cm³/mol. The SMILES string of the molecule is CCCCCC1C(=O)CCC1C(C(=O)OC)C(=O)OC. The van der Waals surface area contributed by atoms with Gasteiger partial charge in [-0.2, -0.15) is 0 Å². The molecule has 0 N–H and O–H groups in total. The van der Waals surface area contributed by atoms with Crippen molar-refractivity contribution in [3.8, 4) is 0 Å². The maximum absolute atomic E-state index is 12.0. The third-order valence-electron chi connectivity index (χ3n) is 4.11. The normalized spacial score (nSPS) is 22.1. The van der Waals surface area contributed by atoms with E-state index in [0.717, 1.165) is 25.7 Å². The number of hydrogen-bond acceptors (Lipinski definition) is 5. The van der Waals surface area contributed by atoms with Crippen molar-refractivity contribution in [1.82, 2.24) is 0 Å². The summed E-state index contributed by atoms with van der Waals surface area (Å²) >= 11 is 0. The minimum Gasteiger partial charge on any atom is -0.468 e. The Kier molecular flexibility index (Phi) is 6.68. The number of unbranched alkanes of at least 4 members (excludes halogenated alkanes) is 2. The molecular weight excluding hydrogens is 260 g/mol. The molecule has 0 saturated heterocycles. The molecule has 0 spiro atoms. The quantitative estimate of drug-likeness (QED) is 0.407. The molecule has 20 heavy (non-hydrogen) atoms. The number of ketones is 1. The van der Waals surface area contributed by atoms with E-state index in [1.165, 1.54) is 14.2 Å². The van der Waals surface area contributed by atoms with Crippen LogP contribution in [-0.4, -0.2) is 31.9 Å². The highest BCUT2D eigenvalue weighted by Crippen LogP contribution is 2.38. The van der Waals surface area contributed by atoms with Gasteiger partial charge in [-0.25, -0.2) is 0 Å². The number of carbonyl (C=O) groups excluding carboxylic acids is 3. The molecule has 1 rings (SSSR count). The Hall–Kier alpha value is -1.39. The molecule has 5 heteroatoms. The topological polar surface area (TPSA) is 69.7 Å². The van der Waals surface area contributed by atoms with Crippen LogP contribution in [0.1, 0.15) is 45.4 Å². The summed E-state index contributed by atoms with van der Waals surface area (Å²) in [6.07, 6.45) is 4.80. The number of methoxy groups -OCH3 is 2. The maximum Gasteiger partial charge on any atom is 0.320 e. The largest absolute Gasteiger partial charge is 0.468 e. The molecule has 0 heterocycles. The summed E-state index contributed by atoms with van der Waals surface area (Å²) in [6.45, 7) is 2.10. The Bertz CT molecular complexity index is 347. The summed E-state index contributed by atoms with van der Waals surface area (Å²) in [5, 5.41) is 0. The van der Waals surface area contributed by atoms with Crippen LogP contribution in [0.5, 0.6) is 0 Å². The molecule has 0 radical (unpaired) electrons. The van der Waals surface area contributed by atoms with Crippen LogP contribution in [-0.2, 0) is 23.9 Å². The zero-order valence-corrected chi connectivity index (χ0v) is 12.5. The minimum absolute atomic E-state index is 0.156. The van der Waals surface area contributed by atoms with Crippen LogP contribution >= 0.6 is 0 Å². The molecule has 2 unspecified atom stereocenters. The van der Waals surface area contributed by atoms with Crippen molar-refractivity contribution < 1.29 is 23.9 Å². The van der Waals surface area contributed by atoms with E-state index < -0.39 is 17.9 Å². The maximum atomic E-state index is 12.0. The van der Waals surface area contributed by atoms with Crippen molar-refractivity contribution in [2.45, 2.75) is 45.4 Å². The van der Waals surface area contributed by atoms with E-state index in [9.17, 15) is 14.4 Å². The van der Waals surface area contributed by atoms with E-state index in [4.69, 9.17) is 9.47 Å². The molecule has 0 aromatic heterocycles. The zero-order valence-electron chi connectivity index (χ0n) is 12.5. The Morgan fingerprint density at radius 2 is 1.80 bits per heavy atom. The second-order valence-corrected chi connectivity index (χ2v) is 5.30. The zero-order chi connectivity index (χ0) is 15.1. The van der Waals surface area contributed by atoms with Crippen LogP contribution in [0.4, 0.5) is 0 Å². The molecule has 0 aliphatic heterocycles. The molecule has 0 aromatic rings. The monoisotopic (exact) mass is 284 g/mol. The van der Waals surface area contributed by atoms with Crippen molar-refractivity contribution in [1.29, 1.82) is 0 Å². The van der Waals surface area contributed by atoms with Gasteiger partial charge in [0.25, 0.3) is 0 Å². The van der Waals surface area contributed by atoms with Crippen LogP contribution < -0.4 is 0 Å². The third kappa shape index (κ3) is 3.81. The molecule has 1 aliphatic carbocycles. The number of rotatable bonds is 7. The van der Waals surface area contributed by atoms with Gasteiger partial charge in [0.15, 0.2) is 5.92 Å². The van der Waals surface area contributed by atoms with E-state index in [1.54, 1.807) is 0 Å². The van der Waals surface area contributed by atoms with Gasteiger partial charge in [-0.1, -0.05) is 26.2 Å². The minimum atomic E-state index is -0.969. The molecule has 114 valence electrons. The highest BCUT2D eigenvalue weighted by molar-refractivity contribution is 5.97. The molecular formula is C15H24O5. The van der Waals surface area contributed by atoms with Gasteiger partial charge < -0.3 is 9.47 Å². The lowest BCUT2D eigenvalue weighted by Crippen LogP contribution is -2.36. The molecule has 0 aromatic carbocycles. The molecule has 5 nitrogen and oxygen atoms in total. The molecule has 1 fully saturated rings. The van der Waals surface area contributed by atoms with Gasteiger partial charge in [-0.05, 0) is 18.8 Å². The Morgan fingerprint density at radius 1 is 1.20 bits per heavy atom. The van der Waals surface area contributed by atoms with E-state index in [1.807, 2.05) is 0 Å². The Balaban J connectivity index is 2.84. The van der Waals surface area contributed by atoms with Gasteiger partial charge in [-0.15, -0.1) is 0 Å². The van der Waals surface area contributed by atoms with Crippen molar-refractivity contribution in [2.75, 3.05) is 14.2 Å². The van der Waals surface area contributed by atoms with E-state index in [2.05, 4.69) is 6.92 Å². The van der Waals surface area contributed by atoms with Crippen LogP contribution in [0.25, 0.3) is 0 Å². The summed E-state index contributed by atoms with van der Waals surface area (Å²) in [5.41, 5.74) is 0. The van der Waals surface area contributed by atoms with E-state index in [-0.39, 0.29) is 17.6 Å². The highest BCUT2D eigenvalue weighted by Gasteiger charge is 2.46. The molecule has 1 saturated carbocycles. The molecule has 1 aliphatic rings. The first-order valence-electron chi connectivity index (χ1n) is 7.25. The first-order chi connectivity index (χ1) is 9.56. The predicted octanol–water partition coefficient (Wildman–Crippen LogP) is 2.12. The van der Waals surface area contributed by atoms with Gasteiger partial charge >= 0.3 is 11.9 Å². The number of Topliss-reactive ketones (excluding diaryl/α,β-unsaturated/α-hetero) is 1. The van der Waals surface area contributed by atoms with Gasteiger partial charge in [0.05, 0.1) is 14.2 Å². The molecule has 2 atom stereocenters.